The Morgan fingerprint density at radius 2 is 2.05 bits per heavy atom. The van der Waals surface area contributed by atoms with Crippen molar-refractivity contribution in [2.45, 2.75) is 26.3 Å². The molecule has 0 fully saturated rings. The summed E-state index contributed by atoms with van der Waals surface area (Å²) in [7, 11) is 1.69. The summed E-state index contributed by atoms with van der Waals surface area (Å²) in [4.78, 5) is 9.21. The molecule has 0 amide bonds. The largest absolute Gasteiger partial charge is 0.497 e. The normalized spacial score (nSPS) is 11.2. The van der Waals surface area contributed by atoms with E-state index in [9.17, 15) is 0 Å². The Kier molecular flexibility index (Phi) is 3.60. The molecule has 4 nitrogen and oxygen atoms in total. The summed E-state index contributed by atoms with van der Waals surface area (Å²) < 4.78 is 7.49. The zero-order valence-electron chi connectivity index (χ0n) is 12.6. The first kappa shape index (κ1) is 13.6. The van der Waals surface area contributed by atoms with Gasteiger partial charge in [-0.25, -0.2) is 9.97 Å². The van der Waals surface area contributed by atoms with E-state index in [0.29, 0.717) is 5.92 Å². The topological polar surface area (TPSA) is 39.9 Å². The highest BCUT2D eigenvalue weighted by molar-refractivity contribution is 5.71. The summed E-state index contributed by atoms with van der Waals surface area (Å²) in [6.07, 6.45) is 1.82. The molecule has 0 aliphatic rings. The molecule has 0 N–H and O–H groups in total. The summed E-state index contributed by atoms with van der Waals surface area (Å²) in [5.74, 6) is 2.28. The summed E-state index contributed by atoms with van der Waals surface area (Å²) in [5.41, 5.74) is 3.06. The molecule has 108 valence electrons. The fraction of sp³-hybridized carbons (Fsp3) is 0.294. The maximum absolute atomic E-state index is 5.30. The molecule has 0 saturated heterocycles. The maximum Gasteiger partial charge on any atom is 0.160 e. The molecule has 4 heteroatoms. The third kappa shape index (κ3) is 2.61. The zero-order valence-corrected chi connectivity index (χ0v) is 12.6. The Balaban J connectivity index is 2.08. The van der Waals surface area contributed by atoms with E-state index in [-0.39, 0.29) is 0 Å². The molecule has 0 atom stereocenters. The molecule has 3 aromatic rings. The standard InChI is InChI=1S/C17H19N3O/c1-12(2)16-19-15-8-5-9-18-17(15)20(16)11-13-6-4-7-14(10-13)21-3/h4-10,12H,11H2,1-3H3. The van der Waals surface area contributed by atoms with Crippen LogP contribution in [0.2, 0.25) is 0 Å². The molecule has 21 heavy (non-hydrogen) atoms. The number of aromatic nitrogens is 3. The van der Waals surface area contributed by atoms with Gasteiger partial charge in [0.2, 0.25) is 0 Å². The van der Waals surface area contributed by atoms with Crippen molar-refractivity contribution in [2.24, 2.45) is 0 Å². The summed E-state index contributed by atoms with van der Waals surface area (Å²) >= 11 is 0. The second kappa shape index (κ2) is 5.56. The first-order valence-corrected chi connectivity index (χ1v) is 7.13. The molecular formula is C17H19N3O. The monoisotopic (exact) mass is 281 g/mol. The minimum absolute atomic E-state index is 0.352. The molecule has 0 spiro atoms. The smallest absolute Gasteiger partial charge is 0.160 e. The Morgan fingerprint density at radius 1 is 1.19 bits per heavy atom. The minimum atomic E-state index is 0.352. The van der Waals surface area contributed by atoms with E-state index in [0.717, 1.165) is 29.3 Å². The molecular weight excluding hydrogens is 262 g/mol. The van der Waals surface area contributed by atoms with Gasteiger partial charge in [-0.15, -0.1) is 0 Å². The van der Waals surface area contributed by atoms with E-state index < -0.39 is 0 Å². The number of ether oxygens (including phenoxy) is 1. The second-order valence-corrected chi connectivity index (χ2v) is 5.41. The molecule has 0 aliphatic heterocycles. The van der Waals surface area contributed by atoms with Crippen LogP contribution in [0.3, 0.4) is 0 Å². The first-order chi connectivity index (χ1) is 10.2. The predicted octanol–water partition coefficient (Wildman–Crippen LogP) is 3.61. The van der Waals surface area contributed by atoms with Gasteiger partial charge in [0, 0.05) is 12.1 Å². The zero-order chi connectivity index (χ0) is 14.8. The number of benzene rings is 1. The maximum atomic E-state index is 5.30. The fourth-order valence-corrected chi connectivity index (χ4v) is 2.53. The highest BCUT2D eigenvalue weighted by Crippen LogP contribution is 2.22. The Hall–Kier alpha value is -2.36. The lowest BCUT2D eigenvalue weighted by atomic mass is 10.2. The average Bonchev–Trinajstić information content (AvgIpc) is 2.87. The van der Waals surface area contributed by atoms with E-state index >= 15 is 0 Å². The minimum Gasteiger partial charge on any atom is -0.497 e. The van der Waals surface area contributed by atoms with Crippen molar-refractivity contribution in [2.75, 3.05) is 7.11 Å². The average molecular weight is 281 g/mol. The van der Waals surface area contributed by atoms with Gasteiger partial charge in [-0.1, -0.05) is 26.0 Å². The molecule has 0 bridgehead atoms. The Labute approximate surface area is 124 Å². The van der Waals surface area contributed by atoms with Crippen LogP contribution in [-0.4, -0.2) is 21.6 Å². The van der Waals surface area contributed by atoms with Gasteiger partial charge in [-0.3, -0.25) is 0 Å². The third-order valence-electron chi connectivity index (χ3n) is 3.52. The lowest BCUT2D eigenvalue weighted by Gasteiger charge is -2.11. The van der Waals surface area contributed by atoms with Crippen LogP contribution in [-0.2, 0) is 6.54 Å². The number of methoxy groups -OCH3 is 1. The van der Waals surface area contributed by atoms with Crippen LogP contribution < -0.4 is 4.74 Å². The van der Waals surface area contributed by atoms with Gasteiger partial charge < -0.3 is 9.30 Å². The molecule has 2 heterocycles. The molecule has 0 unspecified atom stereocenters. The van der Waals surface area contributed by atoms with Gasteiger partial charge in [0.15, 0.2) is 5.65 Å². The van der Waals surface area contributed by atoms with Gasteiger partial charge in [-0.2, -0.15) is 0 Å². The number of rotatable bonds is 4. The van der Waals surface area contributed by atoms with Crippen LogP contribution in [0.4, 0.5) is 0 Å². The van der Waals surface area contributed by atoms with Crippen molar-refractivity contribution >= 4 is 11.2 Å². The number of pyridine rings is 1. The number of nitrogens with zero attached hydrogens (tertiary/aromatic N) is 3. The van der Waals surface area contributed by atoms with E-state index in [1.54, 1.807) is 7.11 Å². The Morgan fingerprint density at radius 3 is 2.81 bits per heavy atom. The summed E-state index contributed by atoms with van der Waals surface area (Å²) in [5, 5.41) is 0. The molecule has 0 saturated carbocycles. The van der Waals surface area contributed by atoms with Gasteiger partial charge in [0.25, 0.3) is 0 Å². The van der Waals surface area contributed by atoms with Crippen LogP contribution >= 0.6 is 0 Å². The van der Waals surface area contributed by atoms with Crippen LogP contribution in [0.5, 0.6) is 5.75 Å². The van der Waals surface area contributed by atoms with Crippen LogP contribution in [0.25, 0.3) is 11.2 Å². The predicted molar refractivity (Wildman–Crippen MR) is 83.7 cm³/mol. The van der Waals surface area contributed by atoms with Crippen molar-refractivity contribution in [1.29, 1.82) is 0 Å². The third-order valence-corrected chi connectivity index (χ3v) is 3.52. The van der Waals surface area contributed by atoms with E-state index in [2.05, 4.69) is 35.5 Å². The number of fused-ring (bicyclic) bond motifs is 1. The molecule has 0 aliphatic carbocycles. The van der Waals surface area contributed by atoms with E-state index in [4.69, 9.17) is 9.72 Å². The summed E-state index contributed by atoms with van der Waals surface area (Å²) in [6, 6.07) is 12.1. The second-order valence-electron chi connectivity index (χ2n) is 5.41. The van der Waals surface area contributed by atoms with Crippen LogP contribution in [0.1, 0.15) is 31.2 Å². The molecule has 0 radical (unpaired) electrons. The molecule has 2 aromatic heterocycles. The molecule has 1 aromatic carbocycles. The van der Waals surface area contributed by atoms with Gasteiger partial charge >= 0.3 is 0 Å². The quantitative estimate of drug-likeness (QED) is 0.733. The fourth-order valence-electron chi connectivity index (χ4n) is 2.53. The van der Waals surface area contributed by atoms with Crippen molar-refractivity contribution in [3.8, 4) is 5.75 Å². The van der Waals surface area contributed by atoms with Crippen molar-refractivity contribution in [3.63, 3.8) is 0 Å². The number of hydrogen-bond acceptors (Lipinski definition) is 3. The lowest BCUT2D eigenvalue weighted by Crippen LogP contribution is -2.07. The van der Waals surface area contributed by atoms with E-state index in [1.807, 2.05) is 30.5 Å². The Bertz CT molecular complexity index is 762. The van der Waals surface area contributed by atoms with E-state index in [1.165, 1.54) is 5.56 Å². The van der Waals surface area contributed by atoms with Crippen molar-refractivity contribution in [1.82, 2.24) is 14.5 Å². The lowest BCUT2D eigenvalue weighted by molar-refractivity contribution is 0.414. The van der Waals surface area contributed by atoms with Crippen molar-refractivity contribution in [3.05, 3.63) is 54.0 Å². The van der Waals surface area contributed by atoms with Gasteiger partial charge in [0.1, 0.15) is 17.1 Å². The van der Waals surface area contributed by atoms with Crippen LogP contribution in [0.15, 0.2) is 42.6 Å². The first-order valence-electron chi connectivity index (χ1n) is 7.13. The summed E-state index contributed by atoms with van der Waals surface area (Å²) in [6.45, 7) is 5.06. The highest BCUT2D eigenvalue weighted by atomic mass is 16.5. The van der Waals surface area contributed by atoms with Crippen molar-refractivity contribution < 1.29 is 4.74 Å². The van der Waals surface area contributed by atoms with Gasteiger partial charge in [0.05, 0.1) is 13.7 Å². The van der Waals surface area contributed by atoms with Crippen LogP contribution in [0, 0.1) is 0 Å². The SMILES string of the molecule is COc1cccc(Cn2c(C(C)C)nc3cccnc32)c1. The molecule has 3 rings (SSSR count). The number of hydrogen-bond donors (Lipinski definition) is 0. The number of imidazole rings is 1. The highest BCUT2D eigenvalue weighted by Gasteiger charge is 2.14. The van der Waals surface area contributed by atoms with Gasteiger partial charge in [-0.05, 0) is 29.8 Å².